The molecule has 0 bridgehead atoms. The van der Waals surface area contributed by atoms with Crippen LogP contribution in [0.5, 0.6) is 5.75 Å². The van der Waals surface area contributed by atoms with Crippen LogP contribution in [-0.4, -0.2) is 45.1 Å². The number of carbonyl (C=O) groups excluding carboxylic acids is 3. The molecule has 1 aliphatic heterocycles. The molecule has 0 radical (unpaired) electrons. The SMILES string of the molecule is CC1=C(C(=O)OCc2ccccc2)C(C)=[N+](B(F)F)/C1=C(\c1[nH]c(C)c(C(=O)OCc2ccccc2)c1C)c1c(C)cc(OC(=O)Cn2c(=O)c3ccc4oc5ccc(-c6ccc(C(C)(C)C)cc6)cc5c5ccc(c2=O)c3c45)cc1C. The first-order valence-electron chi connectivity index (χ1n) is 26.9. The van der Waals surface area contributed by atoms with Crippen LogP contribution >= 0.6 is 0 Å². The van der Waals surface area contributed by atoms with E-state index in [2.05, 4.69) is 56.1 Å². The molecule has 15 heteroatoms. The summed E-state index contributed by atoms with van der Waals surface area (Å²) >= 11 is 0. The molecular formula is C67H57BF2N3O9+. The number of carbonyl (C=O) groups is 3. The summed E-state index contributed by atoms with van der Waals surface area (Å²) < 4.78 is 57.1. The van der Waals surface area contributed by atoms with Crippen molar-refractivity contribution >= 4 is 80.1 Å². The summed E-state index contributed by atoms with van der Waals surface area (Å²) in [4.78, 5) is 74.2. The monoisotopic (exact) mass is 1100 g/mol. The predicted molar refractivity (Wildman–Crippen MR) is 316 cm³/mol. The zero-order valence-corrected chi connectivity index (χ0v) is 46.8. The van der Waals surface area contributed by atoms with Gasteiger partial charge in [0.25, 0.3) is 11.1 Å². The van der Waals surface area contributed by atoms with Crippen molar-refractivity contribution in [2.24, 2.45) is 0 Å². The van der Waals surface area contributed by atoms with Gasteiger partial charge in [0.1, 0.15) is 42.2 Å². The highest BCUT2D eigenvalue weighted by Crippen LogP contribution is 2.43. The second-order valence-corrected chi connectivity index (χ2v) is 22.0. The topological polar surface area (TPSA) is 150 Å². The summed E-state index contributed by atoms with van der Waals surface area (Å²) in [6.45, 7) is 15.5. The predicted octanol–water partition coefficient (Wildman–Crippen LogP) is 13.6. The van der Waals surface area contributed by atoms with Gasteiger partial charge in [-0.15, -0.1) is 0 Å². The Morgan fingerprint density at radius 2 is 1.20 bits per heavy atom. The van der Waals surface area contributed by atoms with E-state index in [4.69, 9.17) is 18.6 Å². The van der Waals surface area contributed by atoms with Gasteiger partial charge in [0.05, 0.1) is 16.8 Å². The number of hydrogen-bond donors (Lipinski definition) is 1. The van der Waals surface area contributed by atoms with Gasteiger partial charge in [-0.1, -0.05) is 118 Å². The molecule has 0 fully saturated rings. The molecule has 4 heterocycles. The summed E-state index contributed by atoms with van der Waals surface area (Å²) in [5, 5.41) is 3.08. The maximum atomic E-state index is 15.8. The summed E-state index contributed by atoms with van der Waals surface area (Å²) in [5.74, 6) is -2.31. The molecule has 10 aromatic rings. The van der Waals surface area contributed by atoms with E-state index in [1.807, 2.05) is 54.6 Å². The molecule has 0 spiro atoms. The lowest BCUT2D eigenvalue weighted by Crippen LogP contribution is -2.37. The number of hydrogen-bond acceptors (Lipinski definition) is 9. The number of aromatic nitrogens is 2. The molecule has 0 amide bonds. The average Bonchev–Trinajstić information content (AvgIpc) is 2.18. The van der Waals surface area contributed by atoms with Crippen LogP contribution in [0.15, 0.2) is 170 Å². The van der Waals surface area contributed by atoms with Gasteiger partial charge in [0.2, 0.25) is 0 Å². The zero-order valence-electron chi connectivity index (χ0n) is 46.8. The van der Waals surface area contributed by atoms with Crippen molar-refractivity contribution in [3.05, 3.63) is 233 Å². The molecular weight excluding hydrogens is 1040 g/mol. The Kier molecular flexibility index (Phi) is 14.1. The molecule has 7 aromatic carbocycles. The highest BCUT2D eigenvalue weighted by Gasteiger charge is 2.50. The van der Waals surface area contributed by atoms with Crippen LogP contribution in [0.3, 0.4) is 0 Å². The number of esters is 3. The first kappa shape index (κ1) is 54.5. The van der Waals surface area contributed by atoms with Crippen LogP contribution in [0.25, 0.3) is 60.2 Å². The number of benzene rings is 7. The molecule has 82 heavy (non-hydrogen) atoms. The van der Waals surface area contributed by atoms with Crippen molar-refractivity contribution < 1.29 is 46.1 Å². The Morgan fingerprint density at radius 1 is 0.634 bits per heavy atom. The van der Waals surface area contributed by atoms with Crippen molar-refractivity contribution in [1.82, 2.24) is 9.55 Å². The second kappa shape index (κ2) is 21.2. The third-order valence-corrected chi connectivity index (χ3v) is 15.6. The number of ether oxygens (including phenoxy) is 3. The summed E-state index contributed by atoms with van der Waals surface area (Å²) in [6, 6.07) is 42.5. The maximum Gasteiger partial charge on any atom is 0.934 e. The largest absolute Gasteiger partial charge is 0.934 e. The number of nitrogens with one attached hydrogen (secondary N) is 1. The first-order valence-corrected chi connectivity index (χ1v) is 26.9. The molecule has 12 nitrogen and oxygen atoms in total. The van der Waals surface area contributed by atoms with Crippen LogP contribution in [0, 0.1) is 27.7 Å². The Labute approximate surface area is 471 Å². The summed E-state index contributed by atoms with van der Waals surface area (Å²) in [5.41, 5.74) is 7.39. The van der Waals surface area contributed by atoms with Crippen molar-refractivity contribution in [2.45, 2.75) is 87.5 Å². The summed E-state index contributed by atoms with van der Waals surface area (Å²) in [6.07, 6.45) is 0. The lowest BCUT2D eigenvalue weighted by molar-refractivity contribution is -0.343. The van der Waals surface area contributed by atoms with E-state index in [9.17, 15) is 24.0 Å². The third-order valence-electron chi connectivity index (χ3n) is 15.6. The van der Waals surface area contributed by atoms with Gasteiger partial charge >= 0.3 is 25.3 Å². The fourth-order valence-electron chi connectivity index (χ4n) is 11.6. The highest BCUT2D eigenvalue weighted by atomic mass is 19.2. The number of aromatic amines is 1. The number of rotatable bonds is 13. The number of pyridine rings is 1. The fourth-order valence-corrected chi connectivity index (χ4v) is 11.6. The minimum Gasteiger partial charge on any atom is -0.457 e. The van der Waals surface area contributed by atoms with Crippen molar-refractivity contribution in [1.29, 1.82) is 0 Å². The van der Waals surface area contributed by atoms with Gasteiger partial charge < -0.3 is 23.6 Å². The lowest BCUT2D eigenvalue weighted by Gasteiger charge is -2.19. The fraction of sp³-hybridized carbons (Fsp3) is 0.194. The number of nitrogens with zero attached hydrogens (tertiary/aromatic N) is 2. The molecule has 0 saturated heterocycles. The van der Waals surface area contributed by atoms with Gasteiger partial charge in [0.15, 0.2) is 11.4 Å². The minimum absolute atomic E-state index is 0.00433. The van der Waals surface area contributed by atoms with Gasteiger partial charge in [-0.05, 0) is 138 Å². The molecule has 1 N–H and O–H groups in total. The van der Waals surface area contributed by atoms with E-state index in [1.165, 1.54) is 12.5 Å². The zero-order chi connectivity index (χ0) is 58.1. The first-order chi connectivity index (χ1) is 39.2. The third kappa shape index (κ3) is 9.69. The van der Waals surface area contributed by atoms with Gasteiger partial charge in [-0.2, -0.15) is 0 Å². The highest BCUT2D eigenvalue weighted by molar-refractivity contribution is 6.37. The van der Waals surface area contributed by atoms with E-state index < -0.39 is 43.0 Å². The average molecular weight is 1100 g/mol. The van der Waals surface area contributed by atoms with Crippen LogP contribution < -0.4 is 15.9 Å². The maximum absolute atomic E-state index is 15.8. The number of halogens is 2. The second-order valence-electron chi connectivity index (χ2n) is 22.0. The van der Waals surface area contributed by atoms with E-state index >= 15 is 8.63 Å². The van der Waals surface area contributed by atoms with Crippen molar-refractivity contribution in [2.75, 3.05) is 0 Å². The molecule has 1 aliphatic rings. The van der Waals surface area contributed by atoms with Crippen LogP contribution in [0.4, 0.5) is 8.63 Å². The number of allylic oxidation sites excluding steroid dienone is 1. The van der Waals surface area contributed by atoms with E-state index in [1.54, 1.807) is 89.2 Å². The minimum atomic E-state index is -3.15. The van der Waals surface area contributed by atoms with E-state index in [0.29, 0.717) is 61.1 Å². The van der Waals surface area contributed by atoms with Gasteiger partial charge in [-0.3, -0.25) is 14.2 Å². The normalized spacial score (nSPS) is 13.5. The number of fused-ring (bicyclic) bond motifs is 2. The van der Waals surface area contributed by atoms with Crippen molar-refractivity contribution in [3.8, 4) is 16.9 Å². The Bertz CT molecular complexity index is 4450. The molecule has 0 atom stereocenters. The Balaban J connectivity index is 0.957. The molecule has 410 valence electrons. The summed E-state index contributed by atoms with van der Waals surface area (Å²) in [7, 11) is -3.15. The Morgan fingerprint density at radius 3 is 1.79 bits per heavy atom. The molecule has 0 unspecified atom stereocenters. The van der Waals surface area contributed by atoms with E-state index in [0.717, 1.165) is 36.5 Å². The standard InChI is InChI=1S/C67H56BF2N3O9/c1-36-30-47(81-54(74)33-72-63(75)49-26-25-48-51-32-45(44-20-23-46(24-21-44)67(7,8)9)22-28-52(51)82-53-29-27-50(64(72)76)58(49)59(48)53)31-37(2)55(36)60(61-38(3)56(40(5)71-61)65(77)79-34-42-16-12-10-13-17-42)62-39(4)57(41(6)73(62)68(69)70)66(78)80-35-43-18-14-11-15-19-43/h10-32H,33-35H2,1-9H3/p+1. The van der Waals surface area contributed by atoms with Crippen LogP contribution in [0.2, 0.25) is 0 Å². The van der Waals surface area contributed by atoms with Gasteiger partial charge in [-0.25, -0.2) is 27.5 Å². The van der Waals surface area contributed by atoms with Crippen LogP contribution in [-0.2, 0) is 44.2 Å². The van der Waals surface area contributed by atoms with Crippen LogP contribution in [0.1, 0.15) is 95.3 Å². The van der Waals surface area contributed by atoms with E-state index in [-0.39, 0.29) is 68.8 Å². The molecule has 3 aromatic heterocycles. The number of aryl methyl sites for hydroxylation is 3. The smallest absolute Gasteiger partial charge is 0.457 e. The lowest BCUT2D eigenvalue weighted by atomic mass is 9.86. The molecule has 0 saturated carbocycles. The van der Waals surface area contributed by atoms with Gasteiger partial charge in [0, 0.05) is 45.1 Å². The van der Waals surface area contributed by atoms with Crippen molar-refractivity contribution in [3.63, 3.8) is 0 Å². The Hall–Kier alpha value is -9.50. The number of H-pyrrole nitrogens is 1. The molecule has 11 rings (SSSR count). The molecule has 0 aliphatic carbocycles. The quantitative estimate of drug-likeness (QED) is 0.0391.